The molecule has 1 atom stereocenters. The summed E-state index contributed by atoms with van der Waals surface area (Å²) in [6, 6.07) is 15.2. The van der Waals surface area contributed by atoms with Gasteiger partial charge in [-0.1, -0.05) is 26.0 Å². The van der Waals surface area contributed by atoms with Crippen molar-refractivity contribution in [2.24, 2.45) is 0 Å². The van der Waals surface area contributed by atoms with Gasteiger partial charge in [-0.25, -0.2) is 0 Å². The molecule has 0 aliphatic rings. The molecule has 2 heterocycles. The van der Waals surface area contributed by atoms with Gasteiger partial charge in [0.1, 0.15) is 0 Å². The average Bonchev–Trinajstić information content (AvgIpc) is 2.67. The zero-order valence-electron chi connectivity index (χ0n) is 15.3. The largest absolute Gasteiger partial charge is 0.261 e. The fraction of sp³-hybridized carbons (Fsp3) is 0.273. The molecule has 2 aromatic heterocycles. The van der Waals surface area contributed by atoms with Crippen LogP contribution in [0, 0.1) is 6.92 Å². The third kappa shape index (κ3) is 3.93. The maximum Gasteiger partial charge on any atom is 0.0795 e. The van der Waals surface area contributed by atoms with Crippen LogP contribution < -0.4 is 0 Å². The number of aryl methyl sites for hydroxylation is 1. The van der Waals surface area contributed by atoms with Crippen molar-refractivity contribution in [3.63, 3.8) is 0 Å². The van der Waals surface area contributed by atoms with E-state index in [1.165, 1.54) is 21.6 Å². The third-order valence-electron chi connectivity index (χ3n) is 4.68. The van der Waals surface area contributed by atoms with Crippen LogP contribution in [0.15, 0.2) is 59.8 Å². The molecular weight excluding hydrogens is 324 g/mol. The molecule has 3 heteroatoms. The van der Waals surface area contributed by atoms with Crippen molar-refractivity contribution >= 4 is 11.8 Å². The minimum absolute atomic E-state index is 0.502. The van der Waals surface area contributed by atoms with Gasteiger partial charge in [0, 0.05) is 34.1 Å². The van der Waals surface area contributed by atoms with Gasteiger partial charge in [-0.05, 0) is 67.0 Å². The van der Waals surface area contributed by atoms with E-state index >= 15 is 0 Å². The summed E-state index contributed by atoms with van der Waals surface area (Å²) in [5.41, 5.74) is 6.74. The summed E-state index contributed by atoms with van der Waals surface area (Å²) in [6.07, 6.45) is 7.14. The maximum atomic E-state index is 4.82. The Labute approximate surface area is 154 Å². The molecule has 0 saturated carbocycles. The first-order chi connectivity index (χ1) is 12.1. The van der Waals surface area contributed by atoms with E-state index in [2.05, 4.69) is 61.5 Å². The molecule has 3 rings (SSSR count). The fourth-order valence-electron chi connectivity index (χ4n) is 2.81. The second kappa shape index (κ2) is 7.83. The Balaban J connectivity index is 2.14. The lowest BCUT2D eigenvalue weighted by Crippen LogP contribution is -1.97. The van der Waals surface area contributed by atoms with E-state index in [1.807, 2.05) is 25.4 Å². The molecule has 0 N–H and O–H groups in total. The summed E-state index contributed by atoms with van der Waals surface area (Å²) in [6.45, 7) is 6.48. The van der Waals surface area contributed by atoms with Crippen LogP contribution in [0.1, 0.15) is 37.4 Å². The molecule has 0 bridgehead atoms. The molecular formula is C22H24N2S. The molecule has 128 valence electrons. The Hall–Kier alpha value is -2.13. The molecule has 0 aliphatic carbocycles. The Morgan fingerprint density at radius 3 is 2.28 bits per heavy atom. The second-order valence-corrected chi connectivity index (χ2v) is 7.27. The lowest BCUT2D eigenvalue weighted by Gasteiger charge is -2.15. The van der Waals surface area contributed by atoms with Gasteiger partial charge in [0.15, 0.2) is 0 Å². The lowest BCUT2D eigenvalue weighted by atomic mass is 9.93. The zero-order valence-corrected chi connectivity index (χ0v) is 16.1. The Morgan fingerprint density at radius 1 is 0.960 bits per heavy atom. The molecule has 0 fully saturated rings. The van der Waals surface area contributed by atoms with E-state index in [-0.39, 0.29) is 0 Å². The van der Waals surface area contributed by atoms with Crippen molar-refractivity contribution in [1.29, 1.82) is 0 Å². The summed E-state index contributed by atoms with van der Waals surface area (Å²) in [7, 11) is 0. The summed E-state index contributed by atoms with van der Waals surface area (Å²) in [4.78, 5) is 10.5. The number of nitrogens with zero attached hydrogens (tertiary/aromatic N) is 2. The molecule has 3 aromatic rings. The molecule has 25 heavy (non-hydrogen) atoms. The van der Waals surface area contributed by atoms with Gasteiger partial charge in [0.25, 0.3) is 0 Å². The number of thioether (sulfide) groups is 1. The summed E-state index contributed by atoms with van der Waals surface area (Å²) in [5.74, 6) is 0.502. The van der Waals surface area contributed by atoms with Crippen molar-refractivity contribution in [2.45, 2.75) is 38.0 Å². The van der Waals surface area contributed by atoms with Crippen LogP contribution in [0.25, 0.3) is 22.4 Å². The van der Waals surface area contributed by atoms with E-state index in [0.717, 1.165) is 23.4 Å². The maximum absolute atomic E-state index is 4.82. The molecule has 0 amide bonds. The minimum Gasteiger partial charge on any atom is -0.261 e. The Morgan fingerprint density at radius 2 is 1.68 bits per heavy atom. The van der Waals surface area contributed by atoms with Crippen LogP contribution in [0.5, 0.6) is 0 Å². The first kappa shape index (κ1) is 17.7. The normalized spacial score (nSPS) is 12.2. The van der Waals surface area contributed by atoms with Gasteiger partial charge in [0.2, 0.25) is 0 Å². The van der Waals surface area contributed by atoms with Crippen molar-refractivity contribution < 1.29 is 0 Å². The highest BCUT2D eigenvalue weighted by Gasteiger charge is 2.13. The molecule has 0 radical (unpaired) electrons. The standard InChI is InChI=1S/C22H24N2S/c1-5-15(2)19-12-21(17-8-10-20(25-4)11-9-17)22(24-14-19)18-7-6-16(3)23-13-18/h6-15H,5H2,1-4H3. The molecule has 2 nitrogen and oxygen atoms in total. The Bertz CT molecular complexity index is 839. The topological polar surface area (TPSA) is 25.8 Å². The Kier molecular flexibility index (Phi) is 5.54. The fourth-order valence-corrected chi connectivity index (χ4v) is 3.22. The van der Waals surface area contributed by atoms with E-state index in [1.54, 1.807) is 11.8 Å². The summed E-state index contributed by atoms with van der Waals surface area (Å²) in [5, 5.41) is 0. The van der Waals surface area contributed by atoms with Gasteiger partial charge in [0.05, 0.1) is 5.69 Å². The van der Waals surface area contributed by atoms with Crippen molar-refractivity contribution in [2.75, 3.05) is 6.26 Å². The first-order valence-electron chi connectivity index (χ1n) is 8.69. The molecule has 1 aromatic carbocycles. The van der Waals surface area contributed by atoms with Crippen molar-refractivity contribution in [1.82, 2.24) is 9.97 Å². The highest BCUT2D eigenvalue weighted by atomic mass is 32.2. The van der Waals surface area contributed by atoms with Gasteiger partial charge >= 0.3 is 0 Å². The van der Waals surface area contributed by atoms with Crippen LogP contribution in [0.4, 0.5) is 0 Å². The monoisotopic (exact) mass is 348 g/mol. The first-order valence-corrected chi connectivity index (χ1v) is 9.92. The van der Waals surface area contributed by atoms with E-state index in [9.17, 15) is 0 Å². The number of pyridine rings is 2. The molecule has 0 aliphatic heterocycles. The predicted molar refractivity (Wildman–Crippen MR) is 108 cm³/mol. The number of rotatable bonds is 5. The average molecular weight is 349 g/mol. The van der Waals surface area contributed by atoms with Crippen LogP contribution in [-0.4, -0.2) is 16.2 Å². The van der Waals surface area contributed by atoms with E-state index in [4.69, 9.17) is 4.98 Å². The van der Waals surface area contributed by atoms with Gasteiger partial charge in [-0.3, -0.25) is 9.97 Å². The van der Waals surface area contributed by atoms with Crippen molar-refractivity contribution in [3.8, 4) is 22.4 Å². The van der Waals surface area contributed by atoms with Crippen LogP contribution >= 0.6 is 11.8 Å². The molecule has 0 spiro atoms. The van der Waals surface area contributed by atoms with E-state index in [0.29, 0.717) is 5.92 Å². The van der Waals surface area contributed by atoms with Crippen molar-refractivity contribution in [3.05, 3.63) is 66.1 Å². The quantitative estimate of drug-likeness (QED) is 0.502. The number of aromatic nitrogens is 2. The smallest absolute Gasteiger partial charge is 0.0795 e. The highest BCUT2D eigenvalue weighted by Crippen LogP contribution is 2.34. The molecule has 0 saturated heterocycles. The number of hydrogen-bond acceptors (Lipinski definition) is 3. The summed E-state index contributed by atoms with van der Waals surface area (Å²) >= 11 is 1.76. The second-order valence-electron chi connectivity index (χ2n) is 6.39. The third-order valence-corrected chi connectivity index (χ3v) is 5.42. The van der Waals surface area contributed by atoms with Crippen LogP contribution in [0.2, 0.25) is 0 Å². The number of benzene rings is 1. The summed E-state index contributed by atoms with van der Waals surface area (Å²) < 4.78 is 0. The van der Waals surface area contributed by atoms with E-state index < -0.39 is 0 Å². The van der Waals surface area contributed by atoms with Gasteiger partial charge in [-0.15, -0.1) is 11.8 Å². The van der Waals surface area contributed by atoms with Gasteiger partial charge in [-0.2, -0.15) is 0 Å². The SMILES string of the molecule is CCC(C)c1cnc(-c2ccc(C)nc2)c(-c2ccc(SC)cc2)c1. The lowest BCUT2D eigenvalue weighted by molar-refractivity contribution is 0.730. The number of hydrogen-bond donors (Lipinski definition) is 0. The van der Waals surface area contributed by atoms with Crippen LogP contribution in [-0.2, 0) is 0 Å². The molecule has 1 unspecified atom stereocenters. The van der Waals surface area contributed by atoms with Crippen LogP contribution in [0.3, 0.4) is 0 Å². The zero-order chi connectivity index (χ0) is 17.8. The van der Waals surface area contributed by atoms with Gasteiger partial charge < -0.3 is 0 Å². The highest BCUT2D eigenvalue weighted by molar-refractivity contribution is 7.98. The minimum atomic E-state index is 0.502. The predicted octanol–water partition coefficient (Wildman–Crippen LogP) is 6.35.